The molecule has 0 atom stereocenters. The molecular formula is C17H16FN5O3. The molecule has 1 saturated carbocycles. The van der Waals surface area contributed by atoms with E-state index in [0.717, 1.165) is 23.4 Å². The molecule has 0 bridgehead atoms. The van der Waals surface area contributed by atoms with Gasteiger partial charge in [-0.1, -0.05) is 0 Å². The van der Waals surface area contributed by atoms with Crippen LogP contribution in [0.15, 0.2) is 28.2 Å². The number of halogens is 1. The molecule has 0 aromatic carbocycles. The lowest BCUT2D eigenvalue weighted by Gasteiger charge is -2.15. The average molecular weight is 357 g/mol. The first-order valence-electron chi connectivity index (χ1n) is 8.11. The van der Waals surface area contributed by atoms with E-state index in [9.17, 15) is 14.0 Å². The van der Waals surface area contributed by atoms with Crippen molar-refractivity contribution in [3.63, 3.8) is 0 Å². The summed E-state index contributed by atoms with van der Waals surface area (Å²) in [5.41, 5.74) is 5.82. The van der Waals surface area contributed by atoms with Crippen molar-refractivity contribution in [1.82, 2.24) is 19.4 Å². The smallest absolute Gasteiger partial charge is 0.333 e. The number of H-pyrrole nitrogens is 1. The highest BCUT2D eigenvalue weighted by molar-refractivity contribution is 5.80. The van der Waals surface area contributed by atoms with Gasteiger partial charge < -0.3 is 10.5 Å². The molecule has 9 heteroatoms. The fourth-order valence-electron chi connectivity index (χ4n) is 3.14. The Morgan fingerprint density at radius 1 is 1.38 bits per heavy atom. The van der Waals surface area contributed by atoms with Crippen molar-refractivity contribution in [1.29, 1.82) is 0 Å². The van der Waals surface area contributed by atoms with Crippen LogP contribution in [0.1, 0.15) is 30.0 Å². The molecule has 0 saturated heterocycles. The van der Waals surface area contributed by atoms with Gasteiger partial charge in [0.2, 0.25) is 0 Å². The molecule has 1 aliphatic carbocycles. The van der Waals surface area contributed by atoms with Crippen molar-refractivity contribution in [3.8, 4) is 17.0 Å². The molecule has 3 heterocycles. The van der Waals surface area contributed by atoms with Gasteiger partial charge in [-0.25, -0.2) is 14.2 Å². The number of hydrogen-bond acceptors (Lipinski definition) is 6. The summed E-state index contributed by atoms with van der Waals surface area (Å²) in [4.78, 5) is 35.1. The van der Waals surface area contributed by atoms with Gasteiger partial charge in [-0.2, -0.15) is 0 Å². The summed E-state index contributed by atoms with van der Waals surface area (Å²) in [6.45, 7) is 0.144. The molecule has 0 amide bonds. The molecule has 26 heavy (non-hydrogen) atoms. The van der Waals surface area contributed by atoms with Crippen LogP contribution in [0.5, 0.6) is 5.75 Å². The van der Waals surface area contributed by atoms with Crippen LogP contribution in [-0.2, 0) is 6.54 Å². The Kier molecular flexibility index (Phi) is 3.80. The molecule has 4 rings (SSSR count). The summed E-state index contributed by atoms with van der Waals surface area (Å²) in [7, 11) is 1.36. The summed E-state index contributed by atoms with van der Waals surface area (Å²) < 4.78 is 21.4. The number of hydrogen-bond donors (Lipinski definition) is 2. The molecule has 0 aliphatic heterocycles. The number of nitrogens with zero attached hydrogens (tertiary/aromatic N) is 3. The summed E-state index contributed by atoms with van der Waals surface area (Å²) in [5, 5.41) is 0. The number of nitrogens with one attached hydrogen (secondary N) is 1. The molecule has 8 nitrogen and oxygen atoms in total. The Balaban J connectivity index is 2.15. The summed E-state index contributed by atoms with van der Waals surface area (Å²) in [5.74, 6) is -0.615. The van der Waals surface area contributed by atoms with Gasteiger partial charge in [-0.05, 0) is 18.8 Å². The van der Waals surface area contributed by atoms with Crippen LogP contribution in [0.25, 0.3) is 16.8 Å². The third-order valence-electron chi connectivity index (χ3n) is 4.44. The van der Waals surface area contributed by atoms with Gasteiger partial charge in [0.25, 0.3) is 5.56 Å². The number of ether oxygens (including phenoxy) is 1. The molecule has 1 aliphatic rings. The number of rotatable bonds is 4. The Morgan fingerprint density at radius 2 is 2.15 bits per heavy atom. The summed E-state index contributed by atoms with van der Waals surface area (Å²) in [6, 6.07) is 0. The van der Waals surface area contributed by atoms with Crippen LogP contribution >= 0.6 is 0 Å². The van der Waals surface area contributed by atoms with Gasteiger partial charge in [-0.15, -0.1) is 0 Å². The van der Waals surface area contributed by atoms with Crippen molar-refractivity contribution < 1.29 is 9.13 Å². The van der Waals surface area contributed by atoms with Crippen molar-refractivity contribution in [2.75, 3.05) is 7.11 Å². The SMILES string of the molecule is COc1c(-c2cncc(CN)n2)c(F)cn2c(=O)[nH]c(=O)c(C3CC3)c12. The maximum absolute atomic E-state index is 14.9. The van der Waals surface area contributed by atoms with Crippen molar-refractivity contribution >= 4 is 5.52 Å². The minimum Gasteiger partial charge on any atom is -0.494 e. The summed E-state index contributed by atoms with van der Waals surface area (Å²) >= 11 is 0. The normalized spacial score (nSPS) is 14.0. The van der Waals surface area contributed by atoms with Crippen LogP contribution < -0.4 is 21.7 Å². The molecule has 0 unspecified atom stereocenters. The molecule has 3 aromatic heterocycles. The van der Waals surface area contributed by atoms with E-state index in [0.29, 0.717) is 11.3 Å². The first-order valence-corrected chi connectivity index (χ1v) is 8.11. The third kappa shape index (κ3) is 2.48. The van der Waals surface area contributed by atoms with Gasteiger partial charge in [-0.3, -0.25) is 19.2 Å². The number of pyridine rings is 1. The number of fused-ring (bicyclic) bond motifs is 1. The second-order valence-electron chi connectivity index (χ2n) is 6.15. The molecular weight excluding hydrogens is 341 g/mol. The second-order valence-corrected chi connectivity index (χ2v) is 6.15. The van der Waals surface area contributed by atoms with Gasteiger partial charge in [0, 0.05) is 18.3 Å². The van der Waals surface area contributed by atoms with E-state index in [2.05, 4.69) is 15.0 Å². The predicted molar refractivity (Wildman–Crippen MR) is 91.7 cm³/mol. The first-order chi connectivity index (χ1) is 12.5. The topological polar surface area (TPSA) is 115 Å². The second kappa shape index (κ2) is 6.03. The van der Waals surface area contributed by atoms with Crippen molar-refractivity contribution in [2.45, 2.75) is 25.3 Å². The molecule has 134 valence electrons. The highest BCUT2D eigenvalue weighted by atomic mass is 19.1. The van der Waals surface area contributed by atoms with E-state index >= 15 is 0 Å². The number of nitrogens with two attached hydrogens (primary N) is 1. The van der Waals surface area contributed by atoms with E-state index in [4.69, 9.17) is 10.5 Å². The van der Waals surface area contributed by atoms with Gasteiger partial charge in [0.15, 0.2) is 11.6 Å². The Bertz CT molecular complexity index is 1130. The number of aromatic nitrogens is 4. The Labute approximate surface area is 146 Å². The van der Waals surface area contributed by atoms with Gasteiger partial charge >= 0.3 is 5.69 Å². The highest BCUT2D eigenvalue weighted by Crippen LogP contribution is 2.44. The minimum atomic E-state index is -0.722. The largest absolute Gasteiger partial charge is 0.494 e. The zero-order chi connectivity index (χ0) is 18.4. The third-order valence-corrected chi connectivity index (χ3v) is 4.44. The van der Waals surface area contributed by atoms with Crippen LogP contribution in [0.3, 0.4) is 0 Å². The van der Waals surface area contributed by atoms with Crippen LogP contribution in [0.4, 0.5) is 4.39 Å². The zero-order valence-corrected chi connectivity index (χ0v) is 14.0. The quantitative estimate of drug-likeness (QED) is 0.718. The predicted octanol–water partition coefficient (Wildman–Crippen LogP) is 0.929. The minimum absolute atomic E-state index is 0.0167. The van der Waals surface area contributed by atoms with E-state index < -0.39 is 17.1 Å². The van der Waals surface area contributed by atoms with Gasteiger partial charge in [0.05, 0.1) is 36.5 Å². The molecule has 3 aromatic rings. The van der Waals surface area contributed by atoms with E-state index in [1.807, 2.05) is 0 Å². The lowest BCUT2D eigenvalue weighted by molar-refractivity contribution is 0.414. The monoisotopic (exact) mass is 357 g/mol. The highest BCUT2D eigenvalue weighted by Gasteiger charge is 2.32. The average Bonchev–Trinajstić information content (AvgIpc) is 3.46. The fraction of sp³-hybridized carbons (Fsp3) is 0.294. The molecule has 0 spiro atoms. The molecule has 0 radical (unpaired) electrons. The van der Waals surface area contributed by atoms with Crippen molar-refractivity contribution in [2.24, 2.45) is 5.73 Å². The molecule has 3 N–H and O–H groups in total. The maximum atomic E-state index is 14.9. The standard InChI is InChI=1S/C17H16FN5O3/c1-26-15-13(11-6-20-5-9(4-19)21-11)10(18)7-23-14(15)12(8-2-3-8)16(24)22-17(23)25/h5-8H,2-4,19H2,1H3,(H,22,24,25). The Morgan fingerprint density at radius 3 is 2.81 bits per heavy atom. The number of aromatic amines is 1. The van der Waals surface area contributed by atoms with Gasteiger partial charge in [0.1, 0.15) is 5.52 Å². The van der Waals surface area contributed by atoms with Crippen molar-refractivity contribution in [3.05, 3.63) is 56.5 Å². The zero-order valence-electron chi connectivity index (χ0n) is 14.0. The summed E-state index contributed by atoms with van der Waals surface area (Å²) in [6.07, 6.45) is 5.57. The van der Waals surface area contributed by atoms with Crippen LogP contribution in [0.2, 0.25) is 0 Å². The first kappa shape index (κ1) is 16.4. The maximum Gasteiger partial charge on any atom is 0.333 e. The van der Waals surface area contributed by atoms with E-state index in [-0.39, 0.29) is 35.0 Å². The van der Waals surface area contributed by atoms with Crippen LogP contribution in [0, 0.1) is 5.82 Å². The van der Waals surface area contributed by atoms with E-state index in [1.54, 1.807) is 0 Å². The fourth-order valence-corrected chi connectivity index (χ4v) is 3.14. The lowest BCUT2D eigenvalue weighted by atomic mass is 10.1. The number of methoxy groups -OCH3 is 1. The lowest BCUT2D eigenvalue weighted by Crippen LogP contribution is -2.29. The Hall–Kier alpha value is -3.07. The van der Waals surface area contributed by atoms with Crippen LogP contribution in [-0.4, -0.2) is 26.5 Å². The molecule has 1 fully saturated rings. The van der Waals surface area contributed by atoms with E-state index in [1.165, 1.54) is 19.5 Å².